The Kier molecular flexibility index (Phi) is 7.29. The maximum Gasteiger partial charge on any atom is 0.248 e. The maximum absolute atomic E-state index is 13.6. The fourth-order valence-electron chi connectivity index (χ4n) is 4.22. The number of aryl methyl sites for hydroxylation is 2. The normalized spacial score (nSPS) is 17.2. The van der Waals surface area contributed by atoms with Gasteiger partial charge in [0.1, 0.15) is 5.69 Å². The summed E-state index contributed by atoms with van der Waals surface area (Å²) < 4.78 is 33.9. The molecule has 8 heteroatoms. The van der Waals surface area contributed by atoms with Crippen LogP contribution < -0.4 is 5.32 Å². The molecule has 3 aromatic rings. The second-order valence-corrected chi connectivity index (χ2v) is 10.3. The number of carbonyl (C=O) groups excluding carboxylic acids is 1. The van der Waals surface area contributed by atoms with Gasteiger partial charge in [0, 0.05) is 18.8 Å². The van der Waals surface area contributed by atoms with E-state index in [1.807, 2.05) is 61.5 Å². The highest BCUT2D eigenvalue weighted by Crippen LogP contribution is 2.30. The lowest BCUT2D eigenvalue weighted by atomic mass is 9.98. The van der Waals surface area contributed by atoms with E-state index in [1.54, 1.807) is 19.1 Å². The van der Waals surface area contributed by atoms with Crippen LogP contribution in [-0.4, -0.2) is 36.9 Å². The molecule has 0 aliphatic carbocycles. The number of hydrogen-bond acceptors (Lipinski definition) is 5. The van der Waals surface area contributed by atoms with Crippen LogP contribution in [0.4, 0.5) is 5.69 Å². The van der Waals surface area contributed by atoms with Gasteiger partial charge in [-0.2, -0.15) is 4.31 Å². The number of anilines is 1. The molecule has 0 bridgehead atoms. The maximum atomic E-state index is 13.6. The molecule has 1 fully saturated rings. The highest BCUT2D eigenvalue weighted by Gasteiger charge is 2.37. The summed E-state index contributed by atoms with van der Waals surface area (Å²) in [6, 6.07) is 17.2. The molecule has 7 nitrogen and oxygen atoms in total. The number of sulfonamides is 1. The van der Waals surface area contributed by atoms with Crippen molar-refractivity contribution in [3.05, 3.63) is 77.2 Å². The number of benzene rings is 2. The topological polar surface area (TPSA) is 92.5 Å². The Labute approximate surface area is 200 Å². The Balaban J connectivity index is 1.53. The van der Waals surface area contributed by atoms with E-state index >= 15 is 0 Å². The number of carbonyl (C=O) groups is 1. The van der Waals surface area contributed by atoms with Gasteiger partial charge in [0.05, 0.1) is 5.92 Å². The van der Waals surface area contributed by atoms with Gasteiger partial charge in [-0.15, -0.1) is 0 Å². The first-order valence-electron chi connectivity index (χ1n) is 11.5. The zero-order valence-electron chi connectivity index (χ0n) is 19.4. The summed E-state index contributed by atoms with van der Waals surface area (Å²) >= 11 is 0. The fourth-order valence-corrected chi connectivity index (χ4v) is 6.00. The van der Waals surface area contributed by atoms with E-state index in [-0.39, 0.29) is 23.1 Å². The molecule has 1 N–H and O–H groups in total. The molecule has 0 saturated carbocycles. The van der Waals surface area contributed by atoms with Gasteiger partial charge in [0.25, 0.3) is 0 Å². The number of aromatic nitrogens is 1. The van der Waals surface area contributed by atoms with E-state index in [1.165, 1.54) is 4.31 Å². The largest absolute Gasteiger partial charge is 0.355 e. The molecule has 0 spiro atoms. The van der Waals surface area contributed by atoms with Crippen molar-refractivity contribution in [2.75, 3.05) is 18.4 Å². The molecular formula is C26H29N3O4S. The molecule has 1 aliphatic heterocycles. The first kappa shape index (κ1) is 23.9. The van der Waals surface area contributed by atoms with Gasteiger partial charge in [-0.05, 0) is 49.5 Å². The molecule has 34 heavy (non-hydrogen) atoms. The quantitative estimate of drug-likeness (QED) is 0.528. The van der Waals surface area contributed by atoms with Crippen LogP contribution in [-0.2, 0) is 21.2 Å². The number of rotatable bonds is 7. The van der Waals surface area contributed by atoms with E-state index in [2.05, 4.69) is 10.5 Å². The Morgan fingerprint density at radius 2 is 1.88 bits per heavy atom. The molecule has 2 aromatic carbocycles. The van der Waals surface area contributed by atoms with Gasteiger partial charge in [0.2, 0.25) is 15.9 Å². The van der Waals surface area contributed by atoms with Crippen molar-refractivity contribution in [3.63, 3.8) is 0 Å². The lowest BCUT2D eigenvalue weighted by Crippen LogP contribution is -2.44. The lowest BCUT2D eigenvalue weighted by Gasteiger charge is -2.31. The molecule has 1 atom stereocenters. The molecular weight excluding hydrogens is 450 g/mol. The predicted molar refractivity (Wildman–Crippen MR) is 133 cm³/mol. The van der Waals surface area contributed by atoms with Gasteiger partial charge < -0.3 is 9.84 Å². The SMILES string of the molecule is CCc1ccccc1NC(=O)C1CCCN(S(=O)(=O)c2c(C)noc2/C=C/c2ccccc2)C1. The number of piperidine rings is 1. The van der Waals surface area contributed by atoms with Crippen LogP contribution in [0.2, 0.25) is 0 Å². The molecule has 0 radical (unpaired) electrons. The van der Waals surface area contributed by atoms with Gasteiger partial charge in [-0.1, -0.05) is 66.7 Å². The van der Waals surface area contributed by atoms with Crippen molar-refractivity contribution >= 4 is 33.8 Å². The van der Waals surface area contributed by atoms with Gasteiger partial charge in [0.15, 0.2) is 10.7 Å². The van der Waals surface area contributed by atoms with Crippen molar-refractivity contribution in [2.45, 2.75) is 38.0 Å². The van der Waals surface area contributed by atoms with E-state index < -0.39 is 15.9 Å². The van der Waals surface area contributed by atoms with Gasteiger partial charge in [-0.25, -0.2) is 8.42 Å². The molecule has 1 amide bonds. The third-order valence-electron chi connectivity index (χ3n) is 6.07. The number of nitrogens with one attached hydrogen (secondary N) is 1. The van der Waals surface area contributed by atoms with E-state index in [0.717, 1.165) is 23.2 Å². The number of para-hydroxylation sites is 1. The van der Waals surface area contributed by atoms with Crippen LogP contribution >= 0.6 is 0 Å². The van der Waals surface area contributed by atoms with Crippen molar-refractivity contribution in [3.8, 4) is 0 Å². The lowest BCUT2D eigenvalue weighted by molar-refractivity contribution is -0.120. The summed E-state index contributed by atoms with van der Waals surface area (Å²) in [7, 11) is -3.89. The number of hydrogen-bond donors (Lipinski definition) is 1. The Morgan fingerprint density at radius 1 is 1.15 bits per heavy atom. The summed E-state index contributed by atoms with van der Waals surface area (Å²) in [5.41, 5.74) is 3.04. The van der Waals surface area contributed by atoms with Crippen LogP contribution in [0, 0.1) is 12.8 Å². The zero-order chi connectivity index (χ0) is 24.1. The van der Waals surface area contributed by atoms with Crippen LogP contribution in [0.5, 0.6) is 0 Å². The first-order valence-corrected chi connectivity index (χ1v) is 12.9. The van der Waals surface area contributed by atoms with Crippen LogP contribution in [0.1, 0.15) is 42.3 Å². The van der Waals surface area contributed by atoms with Crippen molar-refractivity contribution in [1.82, 2.24) is 9.46 Å². The van der Waals surface area contributed by atoms with E-state index in [9.17, 15) is 13.2 Å². The average Bonchev–Trinajstić information content (AvgIpc) is 3.24. The molecule has 1 aromatic heterocycles. The summed E-state index contributed by atoms with van der Waals surface area (Å²) in [4.78, 5) is 13.1. The van der Waals surface area contributed by atoms with Crippen molar-refractivity contribution in [1.29, 1.82) is 0 Å². The minimum atomic E-state index is -3.89. The smallest absolute Gasteiger partial charge is 0.248 e. The van der Waals surface area contributed by atoms with Gasteiger partial charge >= 0.3 is 0 Å². The summed E-state index contributed by atoms with van der Waals surface area (Å²) in [6.45, 7) is 4.12. The molecule has 1 unspecified atom stereocenters. The van der Waals surface area contributed by atoms with Crippen LogP contribution in [0.25, 0.3) is 12.2 Å². The summed E-state index contributed by atoms with van der Waals surface area (Å²) in [6.07, 6.45) is 5.45. The predicted octanol–water partition coefficient (Wildman–Crippen LogP) is 4.76. The molecule has 2 heterocycles. The Hall–Kier alpha value is -3.23. The standard InChI is InChI=1S/C26H29N3O4S/c1-3-21-12-7-8-14-23(21)27-26(30)22-13-9-17-29(18-22)34(31,32)25-19(2)28-33-24(25)16-15-20-10-5-4-6-11-20/h4-8,10-12,14-16,22H,3,9,13,17-18H2,1-2H3,(H,27,30)/b16-15+. The van der Waals surface area contributed by atoms with Gasteiger partial charge in [-0.3, -0.25) is 4.79 Å². The Morgan fingerprint density at radius 3 is 2.65 bits per heavy atom. The zero-order valence-corrected chi connectivity index (χ0v) is 20.2. The molecule has 1 aliphatic rings. The molecule has 178 valence electrons. The molecule has 4 rings (SSSR count). The fraction of sp³-hybridized carbons (Fsp3) is 0.308. The van der Waals surface area contributed by atoms with E-state index in [0.29, 0.717) is 25.1 Å². The van der Waals surface area contributed by atoms with Crippen LogP contribution in [0.15, 0.2) is 64.0 Å². The van der Waals surface area contributed by atoms with E-state index in [4.69, 9.17) is 4.52 Å². The third-order valence-corrected chi connectivity index (χ3v) is 8.09. The minimum Gasteiger partial charge on any atom is -0.355 e. The van der Waals surface area contributed by atoms with Crippen molar-refractivity contribution in [2.24, 2.45) is 5.92 Å². The summed E-state index contributed by atoms with van der Waals surface area (Å²) in [5.74, 6) is -0.409. The Bertz CT molecular complexity index is 1280. The third kappa shape index (κ3) is 5.13. The first-order chi connectivity index (χ1) is 16.4. The highest BCUT2D eigenvalue weighted by molar-refractivity contribution is 7.89. The molecule has 1 saturated heterocycles. The number of nitrogens with zero attached hydrogens (tertiary/aromatic N) is 2. The number of amides is 1. The second-order valence-electron chi connectivity index (χ2n) is 8.41. The highest BCUT2D eigenvalue weighted by atomic mass is 32.2. The monoisotopic (exact) mass is 479 g/mol. The minimum absolute atomic E-state index is 0.0528. The average molecular weight is 480 g/mol. The summed E-state index contributed by atoms with van der Waals surface area (Å²) in [5, 5.41) is 6.90. The second kappa shape index (κ2) is 10.4. The van der Waals surface area contributed by atoms with Crippen LogP contribution in [0.3, 0.4) is 0 Å². The van der Waals surface area contributed by atoms with Crippen molar-refractivity contribution < 1.29 is 17.7 Å².